The first-order chi connectivity index (χ1) is 23.8. The van der Waals surface area contributed by atoms with E-state index in [2.05, 4.69) is 28.4 Å². The van der Waals surface area contributed by atoms with E-state index in [-0.39, 0.29) is 41.7 Å². The van der Waals surface area contributed by atoms with Crippen molar-refractivity contribution in [2.45, 2.75) is 50.9 Å². The molecule has 2 atom stereocenters. The van der Waals surface area contributed by atoms with Gasteiger partial charge in [-0.1, -0.05) is 23.7 Å². The minimum atomic E-state index is -1.07. The van der Waals surface area contributed by atoms with Crippen LogP contribution in [-0.2, 0) is 24.1 Å². The quantitative estimate of drug-likeness (QED) is 0.297. The number of anilines is 1. The SMILES string of the molecule is CN1CCc2c(cccc2Oc2nc(C3CNCCN3C(=O)O)c3c(n2)N(C(=O)c2c(Cl)c(F)cc4c2cnn4C2CCCCO2)CC3)C1. The molecular formula is C34H36ClFN8O5. The van der Waals surface area contributed by atoms with Gasteiger partial charge in [-0.3, -0.25) is 14.6 Å². The summed E-state index contributed by atoms with van der Waals surface area (Å²) in [6.45, 7) is 3.51. The molecule has 13 nitrogen and oxygen atoms in total. The third kappa shape index (κ3) is 5.66. The summed E-state index contributed by atoms with van der Waals surface area (Å²) >= 11 is 6.56. The summed E-state index contributed by atoms with van der Waals surface area (Å²) in [6, 6.07) is 6.50. The molecule has 2 unspecified atom stereocenters. The molecule has 49 heavy (non-hydrogen) atoms. The van der Waals surface area contributed by atoms with E-state index in [1.165, 1.54) is 22.1 Å². The molecule has 0 saturated carbocycles. The van der Waals surface area contributed by atoms with Crippen molar-refractivity contribution in [3.63, 3.8) is 0 Å². The van der Waals surface area contributed by atoms with Crippen molar-refractivity contribution in [3.8, 4) is 11.8 Å². The molecule has 2 aromatic heterocycles. The number of piperazine rings is 1. The lowest BCUT2D eigenvalue weighted by atomic mass is 9.99. The molecule has 0 spiro atoms. The van der Waals surface area contributed by atoms with Gasteiger partial charge in [0.05, 0.1) is 34.0 Å². The molecule has 256 valence electrons. The Bertz CT molecular complexity index is 1970. The summed E-state index contributed by atoms with van der Waals surface area (Å²) in [4.78, 5) is 41.5. The van der Waals surface area contributed by atoms with E-state index < -0.39 is 23.9 Å². The van der Waals surface area contributed by atoms with Crippen LogP contribution in [-0.4, -0.2) is 93.0 Å². The molecule has 0 radical (unpaired) electrons. The number of hydrogen-bond acceptors (Lipinski definition) is 9. The number of hydrogen-bond donors (Lipinski definition) is 2. The van der Waals surface area contributed by atoms with Gasteiger partial charge in [0.15, 0.2) is 6.23 Å². The van der Waals surface area contributed by atoms with Gasteiger partial charge in [-0.05, 0) is 50.8 Å². The van der Waals surface area contributed by atoms with Gasteiger partial charge in [0.25, 0.3) is 5.91 Å². The lowest BCUT2D eigenvalue weighted by Gasteiger charge is -2.34. The van der Waals surface area contributed by atoms with Crippen LogP contribution in [0.25, 0.3) is 10.9 Å². The van der Waals surface area contributed by atoms with E-state index in [9.17, 15) is 14.7 Å². The van der Waals surface area contributed by atoms with Crippen LogP contribution in [0.15, 0.2) is 30.5 Å². The van der Waals surface area contributed by atoms with Gasteiger partial charge in [0.1, 0.15) is 17.4 Å². The number of rotatable bonds is 5. The standard InChI is InChI=1S/C34H36ClFN8O5/c1-41-11-8-20-19(18-41)5-4-6-26(20)49-33-39-30(25-17-37-10-13-42(25)34(46)47)21-9-12-43(31(21)40-33)32(45)28-22-16-38-44(27-7-2-3-14-48-27)24(22)15-23(36)29(28)35/h4-6,15-16,25,27,37H,2-3,7-14,17-18H2,1H3,(H,46,47). The van der Waals surface area contributed by atoms with Crippen molar-refractivity contribution in [2.75, 3.05) is 51.3 Å². The Morgan fingerprint density at radius 2 is 2.00 bits per heavy atom. The van der Waals surface area contributed by atoms with Crippen LogP contribution in [0, 0.1) is 5.82 Å². The van der Waals surface area contributed by atoms with Gasteiger partial charge < -0.3 is 24.8 Å². The Labute approximate surface area is 286 Å². The average Bonchev–Trinajstić information content (AvgIpc) is 3.73. The van der Waals surface area contributed by atoms with E-state index in [0.29, 0.717) is 54.0 Å². The number of nitrogens with one attached hydrogen (secondary N) is 1. The molecule has 4 aromatic rings. The summed E-state index contributed by atoms with van der Waals surface area (Å²) in [5, 5.41) is 18.0. The molecule has 2 N–H and O–H groups in total. The number of carboxylic acid groups (broad SMARTS) is 1. The molecule has 0 aliphatic carbocycles. The maximum atomic E-state index is 15.5. The summed E-state index contributed by atoms with van der Waals surface area (Å²) < 4.78 is 29.4. The predicted molar refractivity (Wildman–Crippen MR) is 178 cm³/mol. The van der Waals surface area contributed by atoms with E-state index in [1.807, 2.05) is 12.1 Å². The van der Waals surface area contributed by atoms with Crippen molar-refractivity contribution in [1.82, 2.24) is 34.9 Å². The average molecular weight is 691 g/mol. The smallest absolute Gasteiger partial charge is 0.407 e. The van der Waals surface area contributed by atoms with Crippen molar-refractivity contribution >= 4 is 40.3 Å². The van der Waals surface area contributed by atoms with Crippen LogP contribution in [0.1, 0.15) is 64.3 Å². The van der Waals surface area contributed by atoms with Crippen molar-refractivity contribution in [2.24, 2.45) is 0 Å². The second-order valence-corrected chi connectivity index (χ2v) is 13.3. The van der Waals surface area contributed by atoms with Crippen LogP contribution < -0.4 is 15.0 Å². The third-order valence-electron chi connectivity index (χ3n) is 9.94. The van der Waals surface area contributed by atoms with Gasteiger partial charge in [-0.2, -0.15) is 15.1 Å². The van der Waals surface area contributed by atoms with Gasteiger partial charge in [-0.15, -0.1) is 0 Å². The fraction of sp³-hybridized carbons (Fsp3) is 0.441. The Morgan fingerprint density at radius 1 is 1.14 bits per heavy atom. The molecule has 4 aliphatic heterocycles. The highest BCUT2D eigenvalue weighted by Crippen LogP contribution is 2.40. The lowest BCUT2D eigenvalue weighted by Crippen LogP contribution is -2.48. The monoisotopic (exact) mass is 690 g/mol. The van der Waals surface area contributed by atoms with Crippen molar-refractivity contribution in [1.29, 1.82) is 0 Å². The predicted octanol–water partition coefficient (Wildman–Crippen LogP) is 4.93. The Kier molecular flexibility index (Phi) is 8.34. The minimum absolute atomic E-state index is 0.00515. The van der Waals surface area contributed by atoms with Crippen LogP contribution >= 0.6 is 11.6 Å². The number of carbonyl (C=O) groups excluding carboxylic acids is 1. The number of amides is 2. The van der Waals surface area contributed by atoms with Crippen molar-refractivity contribution < 1.29 is 28.6 Å². The molecule has 0 bridgehead atoms. The second kappa shape index (κ2) is 12.8. The van der Waals surface area contributed by atoms with E-state index in [0.717, 1.165) is 49.9 Å². The largest absolute Gasteiger partial charge is 0.465 e. The number of aromatic nitrogens is 4. The first kappa shape index (κ1) is 31.9. The lowest BCUT2D eigenvalue weighted by molar-refractivity contribution is -0.0366. The first-order valence-electron chi connectivity index (χ1n) is 16.7. The summed E-state index contributed by atoms with van der Waals surface area (Å²) in [5.74, 6) is -0.407. The zero-order chi connectivity index (χ0) is 33.8. The topological polar surface area (TPSA) is 138 Å². The highest BCUT2D eigenvalue weighted by atomic mass is 35.5. The molecular weight excluding hydrogens is 655 g/mol. The fourth-order valence-corrected chi connectivity index (χ4v) is 7.72. The molecule has 2 saturated heterocycles. The molecule has 2 amide bonds. The second-order valence-electron chi connectivity index (χ2n) is 13.0. The molecule has 2 aromatic carbocycles. The minimum Gasteiger partial charge on any atom is -0.465 e. The Hall–Kier alpha value is -4.37. The number of likely N-dealkylation sites (N-methyl/N-ethyl adjacent to an activating group) is 1. The third-order valence-corrected chi connectivity index (χ3v) is 10.3. The zero-order valence-corrected chi connectivity index (χ0v) is 27.7. The molecule has 2 fully saturated rings. The summed E-state index contributed by atoms with van der Waals surface area (Å²) in [7, 11) is 2.07. The normalized spacial score (nSPS) is 21.1. The number of halogens is 2. The maximum absolute atomic E-state index is 15.5. The molecule has 8 rings (SSSR count). The van der Waals surface area contributed by atoms with Gasteiger partial charge in [-0.25, -0.2) is 13.9 Å². The Morgan fingerprint density at radius 3 is 2.82 bits per heavy atom. The first-order valence-corrected chi connectivity index (χ1v) is 17.0. The highest BCUT2D eigenvalue weighted by Gasteiger charge is 2.39. The zero-order valence-electron chi connectivity index (χ0n) is 27.0. The van der Waals surface area contributed by atoms with E-state index >= 15 is 4.39 Å². The van der Waals surface area contributed by atoms with E-state index in [1.54, 1.807) is 4.68 Å². The number of benzene rings is 2. The van der Waals surface area contributed by atoms with Gasteiger partial charge in [0, 0.05) is 68.5 Å². The van der Waals surface area contributed by atoms with Gasteiger partial charge in [0.2, 0.25) is 0 Å². The molecule has 4 aliphatic rings. The fourth-order valence-electron chi connectivity index (χ4n) is 7.49. The van der Waals surface area contributed by atoms with E-state index in [4.69, 9.17) is 31.0 Å². The van der Waals surface area contributed by atoms with Crippen molar-refractivity contribution in [3.05, 3.63) is 69.2 Å². The van der Waals surface area contributed by atoms with Gasteiger partial charge >= 0.3 is 12.1 Å². The molecule has 6 heterocycles. The van der Waals surface area contributed by atoms with Crippen LogP contribution in [0.2, 0.25) is 5.02 Å². The van der Waals surface area contributed by atoms with Crippen LogP contribution in [0.4, 0.5) is 15.0 Å². The highest BCUT2D eigenvalue weighted by molar-refractivity contribution is 6.36. The number of fused-ring (bicyclic) bond motifs is 3. The van der Waals surface area contributed by atoms with Crippen LogP contribution in [0.5, 0.6) is 11.8 Å². The Balaban J connectivity index is 1.23. The van der Waals surface area contributed by atoms with Crippen LogP contribution in [0.3, 0.4) is 0 Å². The summed E-state index contributed by atoms with van der Waals surface area (Å²) in [6.07, 6.45) is 3.83. The number of nitrogens with zero attached hydrogens (tertiary/aromatic N) is 7. The summed E-state index contributed by atoms with van der Waals surface area (Å²) in [5.41, 5.74) is 3.68. The maximum Gasteiger partial charge on any atom is 0.407 e. The number of ether oxygens (including phenoxy) is 2. The number of carbonyl (C=O) groups is 2. The molecule has 15 heteroatoms.